The van der Waals surface area contributed by atoms with Crippen molar-refractivity contribution in [1.82, 2.24) is 0 Å². The molecule has 0 aliphatic rings. The molecule has 0 saturated carbocycles. The lowest BCUT2D eigenvalue weighted by Crippen LogP contribution is -2.02. The molecule has 0 aliphatic heterocycles. The molecule has 1 heterocycles. The van der Waals surface area contributed by atoms with Gasteiger partial charge in [-0.05, 0) is 53.5 Å². The van der Waals surface area contributed by atoms with Gasteiger partial charge in [-0.2, -0.15) is 0 Å². The van der Waals surface area contributed by atoms with Gasteiger partial charge in [0.05, 0.1) is 4.47 Å². The van der Waals surface area contributed by atoms with E-state index in [0.29, 0.717) is 16.8 Å². The quantitative estimate of drug-likeness (QED) is 0.878. The molecule has 0 aliphatic carbocycles. The van der Waals surface area contributed by atoms with Crippen molar-refractivity contribution in [2.75, 3.05) is 5.32 Å². The molecule has 0 unspecified atom stereocenters. The number of anilines is 1. The Labute approximate surface area is 123 Å². The van der Waals surface area contributed by atoms with E-state index in [-0.39, 0.29) is 11.6 Å². The van der Waals surface area contributed by atoms with Gasteiger partial charge in [0.15, 0.2) is 0 Å². The number of furan rings is 1. The number of benzene rings is 1. The highest BCUT2D eigenvalue weighted by Crippen LogP contribution is 2.25. The SMILES string of the molecule is Cc1cc(F)c(Br)cc1NCc1cc(C(=O)O)oc1C. The standard InChI is InChI=1S/C14H13BrFNO3/c1-7-3-11(16)10(15)5-12(7)17-6-9-4-13(14(18)19)20-8(9)2/h3-5,17H,6H2,1-2H3,(H,18,19). The van der Waals surface area contributed by atoms with Crippen LogP contribution in [0.3, 0.4) is 0 Å². The van der Waals surface area contributed by atoms with Crippen LogP contribution in [0.5, 0.6) is 0 Å². The molecule has 0 atom stereocenters. The van der Waals surface area contributed by atoms with Crippen LogP contribution in [0.1, 0.15) is 27.4 Å². The zero-order valence-electron chi connectivity index (χ0n) is 11.0. The lowest BCUT2D eigenvalue weighted by atomic mass is 10.2. The van der Waals surface area contributed by atoms with Crippen LogP contribution >= 0.6 is 15.9 Å². The van der Waals surface area contributed by atoms with Crippen LogP contribution in [0, 0.1) is 19.7 Å². The molecule has 0 radical (unpaired) electrons. The fourth-order valence-electron chi connectivity index (χ4n) is 1.83. The Morgan fingerprint density at radius 3 is 2.70 bits per heavy atom. The molecule has 1 aromatic heterocycles. The van der Waals surface area contributed by atoms with Gasteiger partial charge in [-0.3, -0.25) is 0 Å². The average molecular weight is 342 g/mol. The van der Waals surface area contributed by atoms with Gasteiger partial charge in [0.25, 0.3) is 0 Å². The van der Waals surface area contributed by atoms with E-state index in [9.17, 15) is 9.18 Å². The van der Waals surface area contributed by atoms with Crippen LogP contribution in [0.15, 0.2) is 27.1 Å². The number of hydrogen-bond donors (Lipinski definition) is 2. The summed E-state index contributed by atoms with van der Waals surface area (Å²) in [4.78, 5) is 10.8. The van der Waals surface area contributed by atoms with E-state index in [0.717, 1.165) is 16.8 Å². The summed E-state index contributed by atoms with van der Waals surface area (Å²) in [6.07, 6.45) is 0. The van der Waals surface area contributed by atoms with E-state index in [1.54, 1.807) is 19.9 Å². The third kappa shape index (κ3) is 3.01. The minimum atomic E-state index is -1.10. The second-order valence-electron chi connectivity index (χ2n) is 4.43. The van der Waals surface area contributed by atoms with E-state index in [1.165, 1.54) is 12.1 Å². The van der Waals surface area contributed by atoms with Gasteiger partial charge in [0.1, 0.15) is 11.6 Å². The predicted octanol–water partition coefficient (Wildman–Crippen LogP) is 4.11. The monoisotopic (exact) mass is 341 g/mol. The van der Waals surface area contributed by atoms with Crippen molar-refractivity contribution in [1.29, 1.82) is 0 Å². The largest absolute Gasteiger partial charge is 0.475 e. The molecule has 0 spiro atoms. The zero-order valence-corrected chi connectivity index (χ0v) is 12.5. The summed E-state index contributed by atoms with van der Waals surface area (Å²) in [5.74, 6) is -0.953. The Balaban J connectivity index is 2.17. The summed E-state index contributed by atoms with van der Waals surface area (Å²) in [6.45, 7) is 3.90. The molecule has 20 heavy (non-hydrogen) atoms. The molecular weight excluding hydrogens is 329 g/mol. The number of rotatable bonds is 4. The first-order chi connectivity index (χ1) is 9.38. The van der Waals surface area contributed by atoms with Crippen LogP contribution in [-0.4, -0.2) is 11.1 Å². The van der Waals surface area contributed by atoms with Crippen molar-refractivity contribution in [3.05, 3.63) is 51.1 Å². The van der Waals surface area contributed by atoms with Gasteiger partial charge in [-0.15, -0.1) is 0 Å². The molecule has 0 amide bonds. The lowest BCUT2D eigenvalue weighted by molar-refractivity contribution is 0.0661. The van der Waals surface area contributed by atoms with Gasteiger partial charge >= 0.3 is 5.97 Å². The number of carboxylic acids is 1. The van der Waals surface area contributed by atoms with Crippen molar-refractivity contribution < 1.29 is 18.7 Å². The molecule has 2 aromatic rings. The minimum Gasteiger partial charge on any atom is -0.475 e. The van der Waals surface area contributed by atoms with Gasteiger partial charge in [-0.1, -0.05) is 0 Å². The molecular formula is C14H13BrFNO3. The Bertz CT molecular complexity index is 667. The Morgan fingerprint density at radius 2 is 2.10 bits per heavy atom. The normalized spacial score (nSPS) is 10.6. The summed E-state index contributed by atoms with van der Waals surface area (Å²) >= 11 is 3.13. The van der Waals surface area contributed by atoms with Crippen LogP contribution in [-0.2, 0) is 6.54 Å². The number of hydrogen-bond acceptors (Lipinski definition) is 3. The first-order valence-electron chi connectivity index (χ1n) is 5.90. The first-order valence-corrected chi connectivity index (χ1v) is 6.70. The maximum Gasteiger partial charge on any atom is 0.371 e. The summed E-state index contributed by atoms with van der Waals surface area (Å²) < 4.78 is 18.8. The molecule has 2 rings (SSSR count). The fourth-order valence-corrected chi connectivity index (χ4v) is 2.17. The number of carbonyl (C=O) groups is 1. The summed E-state index contributed by atoms with van der Waals surface area (Å²) in [6, 6.07) is 4.56. The van der Waals surface area contributed by atoms with Gasteiger partial charge in [0, 0.05) is 17.8 Å². The minimum absolute atomic E-state index is 0.0868. The van der Waals surface area contributed by atoms with E-state index in [1.807, 2.05) is 0 Å². The van der Waals surface area contributed by atoms with Crippen molar-refractivity contribution in [3.63, 3.8) is 0 Å². The van der Waals surface area contributed by atoms with Gasteiger partial charge < -0.3 is 14.8 Å². The topological polar surface area (TPSA) is 62.5 Å². The molecule has 106 valence electrons. The highest BCUT2D eigenvalue weighted by Gasteiger charge is 2.13. The lowest BCUT2D eigenvalue weighted by Gasteiger charge is -2.10. The van der Waals surface area contributed by atoms with Crippen LogP contribution in [0.2, 0.25) is 0 Å². The van der Waals surface area contributed by atoms with Crippen LogP contribution in [0.25, 0.3) is 0 Å². The van der Waals surface area contributed by atoms with Gasteiger partial charge in [0.2, 0.25) is 5.76 Å². The molecule has 4 nitrogen and oxygen atoms in total. The Hall–Kier alpha value is -1.82. The van der Waals surface area contributed by atoms with Crippen LogP contribution < -0.4 is 5.32 Å². The smallest absolute Gasteiger partial charge is 0.371 e. The first kappa shape index (κ1) is 14.6. The molecule has 0 fully saturated rings. The van der Waals surface area contributed by atoms with E-state index in [2.05, 4.69) is 21.2 Å². The summed E-state index contributed by atoms with van der Waals surface area (Å²) in [5.41, 5.74) is 2.29. The Kier molecular flexibility index (Phi) is 4.13. The summed E-state index contributed by atoms with van der Waals surface area (Å²) in [7, 11) is 0. The van der Waals surface area contributed by atoms with Crippen molar-refractivity contribution in [2.24, 2.45) is 0 Å². The molecule has 0 saturated heterocycles. The third-order valence-corrected chi connectivity index (χ3v) is 3.58. The highest BCUT2D eigenvalue weighted by atomic mass is 79.9. The number of nitrogens with one attached hydrogen (secondary N) is 1. The van der Waals surface area contributed by atoms with E-state index < -0.39 is 5.97 Å². The second kappa shape index (κ2) is 5.66. The van der Waals surface area contributed by atoms with Crippen molar-refractivity contribution >= 4 is 27.6 Å². The maximum atomic E-state index is 13.3. The number of aryl methyl sites for hydroxylation is 2. The second-order valence-corrected chi connectivity index (χ2v) is 5.29. The van der Waals surface area contributed by atoms with Crippen LogP contribution in [0.4, 0.5) is 10.1 Å². The molecule has 1 aromatic carbocycles. The zero-order chi connectivity index (χ0) is 14.9. The summed E-state index contributed by atoms with van der Waals surface area (Å²) in [5, 5.41) is 12.0. The Morgan fingerprint density at radius 1 is 1.40 bits per heavy atom. The predicted molar refractivity (Wildman–Crippen MR) is 76.6 cm³/mol. The van der Waals surface area contributed by atoms with E-state index in [4.69, 9.17) is 9.52 Å². The highest BCUT2D eigenvalue weighted by molar-refractivity contribution is 9.10. The third-order valence-electron chi connectivity index (χ3n) is 2.97. The van der Waals surface area contributed by atoms with Crippen molar-refractivity contribution in [3.8, 4) is 0 Å². The van der Waals surface area contributed by atoms with Crippen molar-refractivity contribution in [2.45, 2.75) is 20.4 Å². The number of aromatic carboxylic acids is 1. The molecule has 2 N–H and O–H groups in total. The molecule has 0 bridgehead atoms. The average Bonchev–Trinajstić information content (AvgIpc) is 2.74. The maximum absolute atomic E-state index is 13.3. The fraction of sp³-hybridized carbons (Fsp3) is 0.214. The van der Waals surface area contributed by atoms with E-state index >= 15 is 0 Å². The van der Waals surface area contributed by atoms with Gasteiger partial charge in [-0.25, -0.2) is 9.18 Å². The number of halogens is 2. The number of carboxylic acid groups (broad SMARTS) is 1. The molecule has 6 heteroatoms.